The molecule has 3 N–H and O–H groups in total. The Labute approximate surface area is 196 Å². The first-order chi connectivity index (χ1) is 16.0. The Bertz CT molecular complexity index is 1310. The lowest BCUT2D eigenvalue weighted by molar-refractivity contribution is 0.198. The van der Waals surface area contributed by atoms with Crippen molar-refractivity contribution in [3.63, 3.8) is 0 Å². The number of aliphatic hydroxyl groups excluding tert-OH is 1. The molecule has 4 aromatic rings. The minimum Gasteiger partial charge on any atom is -0.503 e. The van der Waals surface area contributed by atoms with Gasteiger partial charge in [0.2, 0.25) is 0 Å². The number of nitrogens with zero attached hydrogens (tertiary/aromatic N) is 3. The number of ether oxygens (including phenoxy) is 1. The van der Waals surface area contributed by atoms with Crippen molar-refractivity contribution in [1.29, 1.82) is 0 Å². The van der Waals surface area contributed by atoms with E-state index in [1.807, 2.05) is 36.4 Å². The summed E-state index contributed by atoms with van der Waals surface area (Å²) < 4.78 is 5.25. The van der Waals surface area contributed by atoms with E-state index < -0.39 is 0 Å². The van der Waals surface area contributed by atoms with Crippen LogP contribution in [-0.2, 0) is 0 Å². The molecule has 0 radical (unpaired) electrons. The van der Waals surface area contributed by atoms with Crippen LogP contribution in [0.25, 0.3) is 22.0 Å². The molecule has 1 saturated heterocycles. The average Bonchev–Trinajstić information content (AvgIpc) is 3.27. The highest BCUT2D eigenvalue weighted by atomic mass is 35.5. The van der Waals surface area contributed by atoms with Crippen LogP contribution in [0.5, 0.6) is 11.5 Å². The second kappa shape index (κ2) is 8.77. The number of aliphatic hydroxyl groups is 1. The number of halogens is 1. The van der Waals surface area contributed by atoms with Crippen molar-refractivity contribution < 1.29 is 14.9 Å². The van der Waals surface area contributed by atoms with Crippen LogP contribution in [0.15, 0.2) is 60.9 Å². The van der Waals surface area contributed by atoms with Gasteiger partial charge < -0.3 is 25.2 Å². The molecular formula is C25H23ClN4O3. The van der Waals surface area contributed by atoms with Crippen LogP contribution >= 0.6 is 11.6 Å². The number of phenols is 1. The van der Waals surface area contributed by atoms with Gasteiger partial charge in [-0.2, -0.15) is 0 Å². The summed E-state index contributed by atoms with van der Waals surface area (Å²) in [5, 5.41) is 24.4. The molecule has 1 fully saturated rings. The van der Waals surface area contributed by atoms with E-state index in [1.54, 1.807) is 24.5 Å². The minimum atomic E-state index is -0.287. The van der Waals surface area contributed by atoms with Gasteiger partial charge in [-0.1, -0.05) is 17.7 Å². The van der Waals surface area contributed by atoms with Crippen LogP contribution in [-0.4, -0.2) is 46.5 Å². The second-order valence-corrected chi connectivity index (χ2v) is 8.43. The Balaban J connectivity index is 1.46. The number of nitrogens with one attached hydrogen (secondary N) is 1. The number of anilines is 3. The first kappa shape index (κ1) is 21.3. The van der Waals surface area contributed by atoms with E-state index in [0.717, 1.165) is 52.2 Å². The molecule has 5 rings (SSSR count). The smallest absolute Gasteiger partial charge is 0.176 e. The van der Waals surface area contributed by atoms with Crippen molar-refractivity contribution in [2.45, 2.75) is 12.5 Å². The van der Waals surface area contributed by atoms with E-state index in [1.165, 1.54) is 7.11 Å². The Morgan fingerprint density at radius 1 is 1.09 bits per heavy atom. The predicted molar refractivity (Wildman–Crippen MR) is 131 cm³/mol. The number of pyridine rings is 2. The van der Waals surface area contributed by atoms with E-state index in [0.29, 0.717) is 12.3 Å². The third-order valence-electron chi connectivity index (χ3n) is 5.84. The Hall–Kier alpha value is -3.55. The van der Waals surface area contributed by atoms with E-state index >= 15 is 0 Å². The molecule has 1 aliphatic rings. The van der Waals surface area contributed by atoms with Crippen molar-refractivity contribution in [3.8, 4) is 22.6 Å². The van der Waals surface area contributed by atoms with Crippen LogP contribution in [0.2, 0.25) is 5.02 Å². The van der Waals surface area contributed by atoms with E-state index in [-0.39, 0.29) is 16.9 Å². The van der Waals surface area contributed by atoms with Crippen LogP contribution in [0.1, 0.15) is 6.42 Å². The zero-order valence-corrected chi connectivity index (χ0v) is 18.8. The largest absolute Gasteiger partial charge is 0.503 e. The molecule has 3 heterocycles. The quantitative estimate of drug-likeness (QED) is 0.385. The number of methoxy groups -OCH3 is 1. The summed E-state index contributed by atoms with van der Waals surface area (Å²) in [5.74, 6) is 1.10. The van der Waals surface area contributed by atoms with Crippen molar-refractivity contribution >= 4 is 39.7 Å². The molecule has 33 heavy (non-hydrogen) atoms. The van der Waals surface area contributed by atoms with Gasteiger partial charge in [0.15, 0.2) is 11.5 Å². The summed E-state index contributed by atoms with van der Waals surface area (Å²) in [5.41, 5.74) is 4.33. The van der Waals surface area contributed by atoms with Gasteiger partial charge >= 0.3 is 0 Å². The molecule has 8 heteroatoms. The molecule has 0 saturated carbocycles. The van der Waals surface area contributed by atoms with Crippen LogP contribution in [0.4, 0.5) is 17.2 Å². The fraction of sp³-hybridized carbons (Fsp3) is 0.200. The maximum atomic E-state index is 10.1. The number of hydrogen-bond acceptors (Lipinski definition) is 7. The summed E-state index contributed by atoms with van der Waals surface area (Å²) in [6.07, 6.45) is 4.04. The monoisotopic (exact) mass is 462 g/mol. The molecule has 1 atom stereocenters. The highest BCUT2D eigenvalue weighted by molar-refractivity contribution is 6.32. The lowest BCUT2D eigenvalue weighted by atomic mass is 10.0. The summed E-state index contributed by atoms with van der Waals surface area (Å²) in [7, 11) is 1.49. The van der Waals surface area contributed by atoms with Gasteiger partial charge in [-0.15, -0.1) is 0 Å². The summed E-state index contributed by atoms with van der Waals surface area (Å²) in [4.78, 5) is 11.1. The van der Waals surface area contributed by atoms with Gasteiger partial charge in [0, 0.05) is 30.4 Å². The number of aromatic hydroxyl groups is 1. The van der Waals surface area contributed by atoms with Gasteiger partial charge in [0.05, 0.1) is 35.6 Å². The highest BCUT2D eigenvalue weighted by Crippen LogP contribution is 2.39. The third kappa shape index (κ3) is 4.25. The molecule has 0 bridgehead atoms. The fourth-order valence-electron chi connectivity index (χ4n) is 4.08. The van der Waals surface area contributed by atoms with Gasteiger partial charge in [0.25, 0.3) is 0 Å². The molecule has 1 unspecified atom stereocenters. The number of aromatic nitrogens is 2. The second-order valence-electron chi connectivity index (χ2n) is 8.02. The number of benzene rings is 2. The SMILES string of the molecule is COc1cc(-c2ccc3nccc(Nc4ccc(N5CCC(O)C5)nc4)c3c2)cc(Cl)c1O. The van der Waals surface area contributed by atoms with Crippen LogP contribution < -0.4 is 15.0 Å². The first-order valence-electron chi connectivity index (χ1n) is 10.6. The molecule has 2 aromatic heterocycles. The predicted octanol–water partition coefficient (Wildman–Crippen LogP) is 4.98. The van der Waals surface area contributed by atoms with E-state index in [9.17, 15) is 10.2 Å². The van der Waals surface area contributed by atoms with Crippen LogP contribution in [0, 0.1) is 0 Å². The molecule has 0 amide bonds. The molecule has 2 aromatic carbocycles. The van der Waals surface area contributed by atoms with Crippen molar-refractivity contribution in [1.82, 2.24) is 9.97 Å². The lowest BCUT2D eigenvalue weighted by Gasteiger charge is -2.17. The zero-order chi connectivity index (χ0) is 22.9. The van der Waals surface area contributed by atoms with Crippen molar-refractivity contribution in [2.75, 3.05) is 30.4 Å². The van der Waals surface area contributed by atoms with Gasteiger partial charge in [0.1, 0.15) is 5.82 Å². The van der Waals surface area contributed by atoms with Crippen molar-refractivity contribution in [3.05, 3.63) is 65.9 Å². The van der Waals surface area contributed by atoms with Crippen LogP contribution in [0.3, 0.4) is 0 Å². The topological polar surface area (TPSA) is 90.7 Å². The van der Waals surface area contributed by atoms with E-state index in [2.05, 4.69) is 20.2 Å². The van der Waals surface area contributed by atoms with E-state index in [4.69, 9.17) is 16.3 Å². The summed E-state index contributed by atoms with van der Waals surface area (Å²) in [6.45, 7) is 1.42. The average molecular weight is 463 g/mol. The normalized spacial score (nSPS) is 15.7. The molecule has 0 aliphatic carbocycles. The standard InChI is InChI=1S/C25H23ClN4O3/c1-33-23-12-16(11-20(26)25(23)32)15-2-4-21-19(10-15)22(6-8-27-21)29-17-3-5-24(28-13-17)30-9-7-18(31)14-30/h2-6,8,10-13,18,31-32H,7,9,14H2,1H3,(H,27,29). The summed E-state index contributed by atoms with van der Waals surface area (Å²) in [6, 6.07) is 15.3. The number of phenolic OH excluding ortho intramolecular Hbond substituents is 1. The Morgan fingerprint density at radius 2 is 1.97 bits per heavy atom. The Kier molecular flexibility index (Phi) is 5.66. The third-order valence-corrected chi connectivity index (χ3v) is 6.13. The van der Waals surface area contributed by atoms with Gasteiger partial charge in [-0.25, -0.2) is 4.98 Å². The molecule has 0 spiro atoms. The molecule has 1 aliphatic heterocycles. The first-order valence-corrected chi connectivity index (χ1v) is 11.0. The maximum absolute atomic E-state index is 10.1. The number of fused-ring (bicyclic) bond motifs is 1. The minimum absolute atomic E-state index is 0.0767. The Morgan fingerprint density at radius 3 is 2.70 bits per heavy atom. The number of β-amino-alcohol motifs (C(OH)–C–C–N with tert-alkyl or cyclic N) is 1. The highest BCUT2D eigenvalue weighted by Gasteiger charge is 2.21. The fourth-order valence-corrected chi connectivity index (χ4v) is 4.29. The van der Waals surface area contributed by atoms with Gasteiger partial charge in [-0.05, 0) is 60.0 Å². The lowest BCUT2D eigenvalue weighted by Crippen LogP contribution is -2.22. The summed E-state index contributed by atoms with van der Waals surface area (Å²) >= 11 is 6.19. The van der Waals surface area contributed by atoms with Gasteiger partial charge in [-0.3, -0.25) is 4.98 Å². The van der Waals surface area contributed by atoms with Crippen molar-refractivity contribution in [2.24, 2.45) is 0 Å². The molecular weight excluding hydrogens is 440 g/mol. The molecule has 168 valence electrons. The maximum Gasteiger partial charge on any atom is 0.176 e. The number of hydrogen-bond donors (Lipinski definition) is 3. The zero-order valence-electron chi connectivity index (χ0n) is 18.0. The molecule has 7 nitrogen and oxygen atoms in total. The number of rotatable bonds is 5.